The molecule has 0 spiro atoms. The Kier molecular flexibility index (Phi) is 6.04. The first-order chi connectivity index (χ1) is 12.1. The minimum atomic E-state index is -2.34. The van der Waals surface area contributed by atoms with Gasteiger partial charge in [0.15, 0.2) is 0 Å². The second kappa shape index (κ2) is 8.25. The molecule has 0 N–H and O–H groups in total. The Labute approximate surface area is 160 Å². The zero-order valence-electron chi connectivity index (χ0n) is 15.5. The van der Waals surface area contributed by atoms with E-state index in [0.29, 0.717) is 0 Å². The molecule has 0 aliphatic carbocycles. The van der Waals surface area contributed by atoms with Crippen molar-refractivity contribution in [1.29, 1.82) is 0 Å². The monoisotopic (exact) mass is 525 g/mol. The van der Waals surface area contributed by atoms with Crippen LogP contribution in [-0.2, 0) is 6.54 Å². The fourth-order valence-corrected chi connectivity index (χ4v) is 14.0. The van der Waals surface area contributed by atoms with Gasteiger partial charge in [0.05, 0.1) is 0 Å². The van der Waals surface area contributed by atoms with Gasteiger partial charge in [-0.25, -0.2) is 0 Å². The molecule has 0 aliphatic rings. The molecule has 3 aromatic carbocycles. The van der Waals surface area contributed by atoms with Gasteiger partial charge in [0.1, 0.15) is 0 Å². The van der Waals surface area contributed by atoms with Crippen LogP contribution in [0.1, 0.15) is 16.7 Å². The summed E-state index contributed by atoms with van der Waals surface area (Å²) in [5.74, 6) is 0. The Balaban J connectivity index is 2.23. The van der Waals surface area contributed by atoms with E-state index in [1.165, 1.54) is 16.7 Å². The van der Waals surface area contributed by atoms with Crippen LogP contribution in [0.4, 0.5) is 0 Å². The van der Waals surface area contributed by atoms with Crippen LogP contribution in [-0.4, -0.2) is 40.7 Å². The van der Waals surface area contributed by atoms with E-state index in [2.05, 4.69) is 106 Å². The number of hydrogen-bond donors (Lipinski definition) is 0. The van der Waals surface area contributed by atoms with E-state index in [9.17, 15) is 0 Å². The van der Waals surface area contributed by atoms with Crippen molar-refractivity contribution >= 4 is 31.6 Å². The summed E-state index contributed by atoms with van der Waals surface area (Å²) in [5, 5.41) is 0. The van der Waals surface area contributed by atoms with Crippen LogP contribution in [0, 0.1) is 13.8 Å². The average molecular weight is 525 g/mol. The van der Waals surface area contributed by atoms with Gasteiger partial charge < -0.3 is 0 Å². The van der Waals surface area contributed by atoms with Gasteiger partial charge in [0.25, 0.3) is 0 Å². The van der Waals surface area contributed by atoms with Gasteiger partial charge in [-0.1, -0.05) is 0 Å². The first kappa shape index (κ1) is 18.3. The van der Waals surface area contributed by atoms with Crippen LogP contribution in [0.5, 0.6) is 0 Å². The van der Waals surface area contributed by atoms with Crippen molar-refractivity contribution in [2.75, 3.05) is 14.1 Å². The Morgan fingerprint density at radius 1 is 0.640 bits per heavy atom. The summed E-state index contributed by atoms with van der Waals surface area (Å²) in [5.41, 5.74) is 4.35. The van der Waals surface area contributed by atoms with E-state index in [-0.39, 0.29) is 0 Å². The van der Waals surface area contributed by atoms with Crippen LogP contribution < -0.4 is 9.81 Å². The molecule has 0 aromatic heterocycles. The molecule has 1 nitrogen and oxygen atoms in total. The molecule has 128 valence electrons. The third-order valence-electron chi connectivity index (χ3n) is 4.43. The molecule has 0 radical (unpaired) electrons. The second-order valence-electron chi connectivity index (χ2n) is 6.77. The van der Waals surface area contributed by atoms with E-state index >= 15 is 0 Å². The summed E-state index contributed by atoms with van der Waals surface area (Å²) in [6.45, 7) is 5.54. The molecule has 3 aromatic rings. The van der Waals surface area contributed by atoms with Crippen molar-refractivity contribution in [3.63, 3.8) is 0 Å². The van der Waals surface area contributed by atoms with Crippen molar-refractivity contribution in [2.24, 2.45) is 0 Å². The zero-order chi connectivity index (χ0) is 17.8. The van der Waals surface area contributed by atoms with E-state index < -0.39 is 21.8 Å². The van der Waals surface area contributed by atoms with Gasteiger partial charge >= 0.3 is 160 Å². The summed E-state index contributed by atoms with van der Waals surface area (Å²) in [6.07, 6.45) is 0. The van der Waals surface area contributed by atoms with Crippen molar-refractivity contribution in [3.05, 3.63) is 89.5 Å². The normalized spacial score (nSPS) is 11.3. The molecule has 0 amide bonds. The first-order valence-electron chi connectivity index (χ1n) is 8.72. The maximum atomic E-state index is 2.38. The molecule has 25 heavy (non-hydrogen) atoms. The third-order valence-corrected chi connectivity index (χ3v) is 15.6. The summed E-state index contributed by atoms with van der Waals surface area (Å²) in [6, 6.07) is 27.1. The van der Waals surface area contributed by atoms with E-state index in [1.54, 1.807) is 9.81 Å². The molecular weight excluding hydrogens is 499 g/mol. The second-order valence-corrected chi connectivity index (χ2v) is 15.0. The summed E-state index contributed by atoms with van der Waals surface area (Å²) in [4.78, 5) is 2.27. The van der Waals surface area contributed by atoms with Gasteiger partial charge in [-0.15, -0.1) is 0 Å². The fourth-order valence-electron chi connectivity index (χ4n) is 3.22. The Bertz CT molecular complexity index is 808. The third kappa shape index (κ3) is 4.19. The Morgan fingerprint density at radius 2 is 1.08 bits per heavy atom. The van der Waals surface area contributed by atoms with Crippen LogP contribution in [0.25, 0.3) is 0 Å². The number of hydrogen-bond acceptors (Lipinski definition) is 1. The molecule has 0 bridgehead atoms. The molecule has 0 saturated heterocycles. The fraction of sp³-hybridized carbons (Fsp3) is 0.217. The van der Waals surface area contributed by atoms with Crippen LogP contribution in [0.2, 0.25) is 0 Å². The molecule has 3 rings (SSSR count). The number of rotatable bonds is 5. The van der Waals surface area contributed by atoms with Crippen LogP contribution >= 0.6 is 0 Å². The topological polar surface area (TPSA) is 3.24 Å². The standard InChI is InChI=1S/C9H12N.2C7H7.Bi/c1-10(2)8-9-6-4-3-5-7-9;2*1-7-5-3-2-4-6-7;/h3-6H,8H2,1-2H3;2*2-5H,1H3;. The average Bonchev–Trinajstić information content (AvgIpc) is 2.59. The predicted molar refractivity (Wildman–Crippen MR) is 111 cm³/mol. The van der Waals surface area contributed by atoms with E-state index in [4.69, 9.17) is 0 Å². The zero-order valence-corrected chi connectivity index (χ0v) is 19.0. The number of aryl methyl sites for hydroxylation is 2. The van der Waals surface area contributed by atoms with Crippen molar-refractivity contribution < 1.29 is 0 Å². The first-order valence-corrected chi connectivity index (χ1v) is 13.9. The molecule has 0 saturated carbocycles. The van der Waals surface area contributed by atoms with E-state index in [1.807, 2.05) is 0 Å². The molecule has 2 heteroatoms. The van der Waals surface area contributed by atoms with Crippen molar-refractivity contribution in [1.82, 2.24) is 4.90 Å². The molecular formula is C23H26BiN. The quantitative estimate of drug-likeness (QED) is 0.464. The van der Waals surface area contributed by atoms with Crippen molar-refractivity contribution in [3.8, 4) is 0 Å². The maximum absolute atomic E-state index is 2.38. The molecule has 0 atom stereocenters. The van der Waals surface area contributed by atoms with Gasteiger partial charge in [0, 0.05) is 0 Å². The molecule has 0 unspecified atom stereocenters. The Morgan fingerprint density at radius 3 is 1.56 bits per heavy atom. The molecule has 0 heterocycles. The molecule has 0 aliphatic heterocycles. The summed E-state index contributed by atoms with van der Waals surface area (Å²) in [7, 11) is 4.31. The van der Waals surface area contributed by atoms with Gasteiger partial charge in [-0.3, -0.25) is 0 Å². The minimum absolute atomic E-state index is 1.000. The number of nitrogens with zero attached hydrogens (tertiary/aromatic N) is 1. The van der Waals surface area contributed by atoms with Crippen LogP contribution in [0.15, 0.2) is 72.8 Å². The summed E-state index contributed by atoms with van der Waals surface area (Å²) >= 11 is -2.34. The summed E-state index contributed by atoms with van der Waals surface area (Å²) < 4.78 is 4.80. The van der Waals surface area contributed by atoms with E-state index in [0.717, 1.165) is 6.54 Å². The van der Waals surface area contributed by atoms with Gasteiger partial charge in [-0.2, -0.15) is 0 Å². The van der Waals surface area contributed by atoms with Crippen molar-refractivity contribution in [2.45, 2.75) is 20.4 Å². The number of benzene rings is 3. The van der Waals surface area contributed by atoms with Crippen LogP contribution in [0.3, 0.4) is 0 Å². The molecule has 0 fully saturated rings. The SMILES string of the molecule is Cc1cccc[c]1[Bi]([c]1ccccc1C)[c]1ccccc1CN(C)C. The van der Waals surface area contributed by atoms with Gasteiger partial charge in [-0.05, 0) is 0 Å². The van der Waals surface area contributed by atoms with Gasteiger partial charge in [0.2, 0.25) is 0 Å². The Hall–Kier alpha value is -1.50. The predicted octanol–water partition coefficient (Wildman–Crippen LogP) is 2.88.